The van der Waals surface area contributed by atoms with Crippen LogP contribution >= 0.6 is 11.8 Å². The number of hydrogen-bond donors (Lipinski definition) is 1. The number of amides is 1. The van der Waals surface area contributed by atoms with Gasteiger partial charge >= 0.3 is 5.69 Å². The molecule has 2 heterocycles. The molecule has 0 spiro atoms. The van der Waals surface area contributed by atoms with Crippen molar-refractivity contribution in [3.05, 3.63) is 67.0 Å². The maximum absolute atomic E-state index is 12.8. The predicted molar refractivity (Wildman–Crippen MR) is 119 cm³/mol. The van der Waals surface area contributed by atoms with Crippen LogP contribution in [0.25, 0.3) is 11.0 Å². The summed E-state index contributed by atoms with van der Waals surface area (Å²) in [4.78, 5) is 52.7. The Balaban J connectivity index is 1.91. The van der Waals surface area contributed by atoms with Gasteiger partial charge in [0.25, 0.3) is 11.2 Å². The number of rotatable bonds is 7. The number of anilines is 1. The summed E-state index contributed by atoms with van der Waals surface area (Å²) in [5.74, 6) is -0.313. The first kappa shape index (κ1) is 22.2. The number of non-ortho nitro benzene ring substituents is 1. The van der Waals surface area contributed by atoms with Crippen molar-refractivity contribution in [2.45, 2.75) is 24.7 Å². The van der Waals surface area contributed by atoms with Crippen molar-refractivity contribution in [3.63, 3.8) is 0 Å². The molecule has 0 saturated heterocycles. The number of carbonyl (C=O) groups excluding carboxylic acids is 1. The van der Waals surface area contributed by atoms with Crippen LogP contribution in [0.1, 0.15) is 18.9 Å². The number of fused-ring (bicyclic) bond motifs is 1. The Labute approximate surface area is 181 Å². The highest BCUT2D eigenvalue weighted by molar-refractivity contribution is 8.00. The zero-order valence-corrected chi connectivity index (χ0v) is 18.1. The first-order valence-electron chi connectivity index (χ1n) is 9.49. The maximum atomic E-state index is 12.8. The number of nitrogens with one attached hydrogen (secondary N) is 1. The summed E-state index contributed by atoms with van der Waals surface area (Å²) in [5.41, 5.74) is 0.538. The number of hydrogen-bond acceptors (Lipinski definition) is 7. The average molecular weight is 443 g/mol. The molecule has 31 heavy (non-hydrogen) atoms. The highest BCUT2D eigenvalue weighted by Crippen LogP contribution is 2.29. The normalized spacial score (nSPS) is 10.9. The SMILES string of the molecule is CCCc1cnc2c(c1SCC(=O)Nc1ccc([N+](=O)[O-])cc1)c(=O)n(C)c(=O)n2C. The minimum absolute atomic E-state index is 0.0127. The fourth-order valence-electron chi connectivity index (χ4n) is 3.16. The molecule has 10 nitrogen and oxygen atoms in total. The van der Waals surface area contributed by atoms with E-state index in [1.54, 1.807) is 13.2 Å². The Bertz CT molecular complexity index is 1280. The molecule has 3 aromatic rings. The monoisotopic (exact) mass is 443 g/mol. The van der Waals surface area contributed by atoms with Crippen molar-refractivity contribution in [1.29, 1.82) is 0 Å². The van der Waals surface area contributed by atoms with Crippen LogP contribution in [0.3, 0.4) is 0 Å². The topological polar surface area (TPSA) is 129 Å². The molecule has 3 rings (SSSR count). The lowest BCUT2D eigenvalue weighted by Gasteiger charge is -2.14. The molecule has 0 aliphatic rings. The zero-order chi connectivity index (χ0) is 22.7. The fourth-order valence-corrected chi connectivity index (χ4v) is 4.17. The van der Waals surface area contributed by atoms with Gasteiger partial charge < -0.3 is 5.32 Å². The Morgan fingerprint density at radius 2 is 1.87 bits per heavy atom. The van der Waals surface area contributed by atoms with Gasteiger partial charge in [-0.3, -0.25) is 28.8 Å². The molecule has 0 saturated carbocycles. The van der Waals surface area contributed by atoms with Gasteiger partial charge in [-0.15, -0.1) is 11.8 Å². The molecule has 0 unspecified atom stereocenters. The predicted octanol–water partition coefficient (Wildman–Crippen LogP) is 2.22. The van der Waals surface area contributed by atoms with Crippen LogP contribution in [-0.4, -0.2) is 30.7 Å². The number of thioether (sulfide) groups is 1. The van der Waals surface area contributed by atoms with E-state index in [1.165, 1.54) is 47.6 Å². The van der Waals surface area contributed by atoms with E-state index >= 15 is 0 Å². The Morgan fingerprint density at radius 1 is 1.19 bits per heavy atom. The van der Waals surface area contributed by atoms with Crippen LogP contribution in [0.15, 0.2) is 44.9 Å². The van der Waals surface area contributed by atoms with Crippen molar-refractivity contribution in [1.82, 2.24) is 14.1 Å². The van der Waals surface area contributed by atoms with Gasteiger partial charge in [0.15, 0.2) is 0 Å². The molecule has 11 heteroatoms. The van der Waals surface area contributed by atoms with Gasteiger partial charge in [-0.2, -0.15) is 0 Å². The van der Waals surface area contributed by atoms with Crippen LogP contribution in [0, 0.1) is 10.1 Å². The molecule has 0 aliphatic carbocycles. The number of pyridine rings is 1. The van der Waals surface area contributed by atoms with Gasteiger partial charge in [0.05, 0.1) is 16.1 Å². The fraction of sp³-hybridized carbons (Fsp3) is 0.300. The lowest BCUT2D eigenvalue weighted by atomic mass is 10.1. The summed E-state index contributed by atoms with van der Waals surface area (Å²) in [5, 5.41) is 13.7. The quantitative estimate of drug-likeness (QED) is 0.337. The van der Waals surface area contributed by atoms with Crippen molar-refractivity contribution in [3.8, 4) is 0 Å². The summed E-state index contributed by atoms with van der Waals surface area (Å²) in [6, 6.07) is 5.53. The lowest BCUT2D eigenvalue weighted by Crippen LogP contribution is -2.37. The number of nitro benzene ring substituents is 1. The van der Waals surface area contributed by atoms with Crippen LogP contribution in [-0.2, 0) is 25.3 Å². The second-order valence-corrected chi connectivity index (χ2v) is 7.89. The van der Waals surface area contributed by atoms with Crippen LogP contribution in [0.5, 0.6) is 0 Å². The highest BCUT2D eigenvalue weighted by atomic mass is 32.2. The summed E-state index contributed by atoms with van der Waals surface area (Å²) in [6.45, 7) is 2.00. The third kappa shape index (κ3) is 4.50. The van der Waals surface area contributed by atoms with E-state index in [0.29, 0.717) is 22.4 Å². The number of benzene rings is 1. The van der Waals surface area contributed by atoms with E-state index < -0.39 is 16.2 Å². The van der Waals surface area contributed by atoms with Crippen molar-refractivity contribution in [2.75, 3.05) is 11.1 Å². The molecule has 0 atom stereocenters. The third-order valence-corrected chi connectivity index (χ3v) is 5.89. The number of aryl methyl sites for hydroxylation is 2. The molecule has 0 aliphatic heterocycles. The first-order valence-corrected chi connectivity index (χ1v) is 10.5. The molecule has 2 aromatic heterocycles. The summed E-state index contributed by atoms with van der Waals surface area (Å²) in [6.07, 6.45) is 3.13. The number of carbonyl (C=O) groups is 1. The Morgan fingerprint density at radius 3 is 2.48 bits per heavy atom. The van der Waals surface area contributed by atoms with Crippen LogP contribution in [0.2, 0.25) is 0 Å². The Hall–Kier alpha value is -3.47. The van der Waals surface area contributed by atoms with Gasteiger partial charge in [0.1, 0.15) is 5.65 Å². The van der Waals surface area contributed by atoms with Gasteiger partial charge in [0, 0.05) is 43.0 Å². The molecule has 0 bridgehead atoms. The standard InChI is InChI=1S/C20H21N5O5S/c1-4-5-12-10-21-18-16(19(27)24(3)20(28)23(18)2)17(12)31-11-15(26)22-13-6-8-14(9-7-13)25(29)30/h6-10H,4-5,11H2,1-3H3,(H,22,26). The van der Waals surface area contributed by atoms with E-state index in [4.69, 9.17) is 0 Å². The molecule has 0 fully saturated rings. The van der Waals surface area contributed by atoms with Gasteiger partial charge in [-0.25, -0.2) is 9.78 Å². The second kappa shape index (κ2) is 9.13. The molecular formula is C20H21N5O5S. The minimum atomic E-state index is -0.515. The summed E-state index contributed by atoms with van der Waals surface area (Å²) < 4.78 is 2.34. The minimum Gasteiger partial charge on any atom is -0.325 e. The number of nitro groups is 1. The first-order chi connectivity index (χ1) is 14.7. The van der Waals surface area contributed by atoms with Gasteiger partial charge in [-0.05, 0) is 24.1 Å². The Kier molecular flexibility index (Phi) is 6.54. The molecule has 1 aromatic carbocycles. The summed E-state index contributed by atoms with van der Waals surface area (Å²) in [7, 11) is 2.96. The van der Waals surface area contributed by atoms with Gasteiger partial charge in [-0.1, -0.05) is 13.3 Å². The van der Waals surface area contributed by atoms with E-state index in [9.17, 15) is 24.5 Å². The number of nitrogens with zero attached hydrogens (tertiary/aromatic N) is 4. The second-order valence-electron chi connectivity index (χ2n) is 6.91. The highest BCUT2D eigenvalue weighted by Gasteiger charge is 2.18. The van der Waals surface area contributed by atoms with Gasteiger partial charge in [0.2, 0.25) is 5.91 Å². The molecule has 1 N–H and O–H groups in total. The molecule has 1 amide bonds. The van der Waals surface area contributed by atoms with E-state index in [0.717, 1.165) is 16.6 Å². The van der Waals surface area contributed by atoms with Crippen molar-refractivity contribution in [2.24, 2.45) is 14.1 Å². The van der Waals surface area contributed by atoms with Crippen LogP contribution < -0.4 is 16.6 Å². The average Bonchev–Trinajstić information content (AvgIpc) is 2.75. The maximum Gasteiger partial charge on any atom is 0.332 e. The largest absolute Gasteiger partial charge is 0.332 e. The number of aromatic nitrogens is 3. The molecular weight excluding hydrogens is 422 g/mol. The molecule has 0 radical (unpaired) electrons. The van der Waals surface area contributed by atoms with Crippen molar-refractivity contribution >= 4 is 40.1 Å². The lowest BCUT2D eigenvalue weighted by molar-refractivity contribution is -0.384. The van der Waals surface area contributed by atoms with E-state index in [2.05, 4.69) is 10.3 Å². The molecule has 162 valence electrons. The van der Waals surface area contributed by atoms with Crippen molar-refractivity contribution < 1.29 is 9.72 Å². The van der Waals surface area contributed by atoms with Crippen LogP contribution in [0.4, 0.5) is 11.4 Å². The summed E-state index contributed by atoms with van der Waals surface area (Å²) >= 11 is 1.20. The van der Waals surface area contributed by atoms with E-state index in [1.807, 2.05) is 6.92 Å². The zero-order valence-electron chi connectivity index (χ0n) is 17.2. The third-order valence-electron chi connectivity index (χ3n) is 4.72. The smallest absolute Gasteiger partial charge is 0.325 e. The van der Waals surface area contributed by atoms with E-state index in [-0.39, 0.29) is 23.0 Å².